The van der Waals surface area contributed by atoms with Crippen molar-refractivity contribution in [1.82, 2.24) is 10.2 Å². The molecule has 2 aromatic carbocycles. The molecule has 0 radical (unpaired) electrons. The van der Waals surface area contributed by atoms with Gasteiger partial charge in [0.1, 0.15) is 0 Å². The third kappa shape index (κ3) is 5.63. The van der Waals surface area contributed by atoms with E-state index in [1.807, 2.05) is 35.2 Å². The minimum Gasteiger partial charge on any atom is -0.339 e. The number of hydrogen-bond acceptors (Lipinski definition) is 3. The number of thiocarbonyl (C=S) groups is 1. The predicted molar refractivity (Wildman–Crippen MR) is 115 cm³/mol. The molecule has 0 aromatic heterocycles. The fourth-order valence-electron chi connectivity index (χ4n) is 3.20. The average molecular weight is 396 g/mol. The molecule has 1 aliphatic heterocycles. The predicted octanol–water partition coefficient (Wildman–Crippen LogP) is 3.61. The third-order valence-electron chi connectivity index (χ3n) is 4.92. The molecule has 0 saturated carbocycles. The molecular formula is C22H25N3O2S. The molecule has 2 N–H and O–H groups in total. The molecule has 0 atom stereocenters. The van der Waals surface area contributed by atoms with E-state index < -0.39 is 0 Å². The van der Waals surface area contributed by atoms with E-state index in [0.717, 1.165) is 37.2 Å². The van der Waals surface area contributed by atoms with Crippen LogP contribution in [0, 0.1) is 5.92 Å². The second-order valence-electron chi connectivity index (χ2n) is 7.22. The first-order chi connectivity index (χ1) is 13.5. The van der Waals surface area contributed by atoms with E-state index in [1.165, 1.54) is 0 Å². The summed E-state index contributed by atoms with van der Waals surface area (Å²) in [5, 5.41) is 5.90. The molecule has 2 aromatic rings. The molecule has 0 spiro atoms. The standard InChI is InChI=1S/C22H25N3O2S/c1-16-11-13-25(14-12-16)21(27)18-7-9-19(10-8-18)23-22(28)24-20(26)15-17-5-3-2-4-6-17/h2-10,16H,11-15H2,1H3,(H2,23,24,26,28). The summed E-state index contributed by atoms with van der Waals surface area (Å²) in [6, 6.07) is 16.7. The zero-order valence-electron chi connectivity index (χ0n) is 16.0. The van der Waals surface area contributed by atoms with Crippen LogP contribution in [0.5, 0.6) is 0 Å². The lowest BCUT2D eigenvalue weighted by Gasteiger charge is -2.30. The van der Waals surface area contributed by atoms with Gasteiger partial charge in [0.2, 0.25) is 5.91 Å². The molecule has 1 fully saturated rings. The van der Waals surface area contributed by atoms with Crippen molar-refractivity contribution in [3.63, 3.8) is 0 Å². The fourth-order valence-corrected chi connectivity index (χ4v) is 3.44. The van der Waals surface area contributed by atoms with E-state index in [4.69, 9.17) is 12.2 Å². The average Bonchev–Trinajstić information content (AvgIpc) is 2.69. The van der Waals surface area contributed by atoms with Gasteiger partial charge >= 0.3 is 0 Å². The summed E-state index contributed by atoms with van der Waals surface area (Å²) in [5.74, 6) is 0.584. The zero-order chi connectivity index (χ0) is 19.9. The highest BCUT2D eigenvalue weighted by molar-refractivity contribution is 7.80. The van der Waals surface area contributed by atoms with Gasteiger partial charge in [-0.2, -0.15) is 0 Å². The molecular weight excluding hydrogens is 370 g/mol. The Labute approximate surface area is 171 Å². The van der Waals surface area contributed by atoms with Gasteiger partial charge in [0.15, 0.2) is 5.11 Å². The molecule has 0 bridgehead atoms. The number of nitrogens with zero attached hydrogens (tertiary/aromatic N) is 1. The van der Waals surface area contributed by atoms with Gasteiger partial charge in [-0.15, -0.1) is 0 Å². The Balaban J connectivity index is 1.50. The van der Waals surface area contributed by atoms with Gasteiger partial charge in [-0.3, -0.25) is 9.59 Å². The number of rotatable bonds is 4. The summed E-state index contributed by atoms with van der Waals surface area (Å²) in [6.07, 6.45) is 2.38. The maximum Gasteiger partial charge on any atom is 0.253 e. The number of piperidine rings is 1. The Kier molecular flexibility index (Phi) is 6.76. The quantitative estimate of drug-likeness (QED) is 0.777. The largest absolute Gasteiger partial charge is 0.339 e. The third-order valence-corrected chi connectivity index (χ3v) is 5.13. The van der Waals surface area contributed by atoms with Crippen molar-refractivity contribution in [3.05, 3.63) is 65.7 Å². The van der Waals surface area contributed by atoms with Crippen molar-refractivity contribution >= 4 is 34.8 Å². The first kappa shape index (κ1) is 20.0. The van der Waals surface area contributed by atoms with Gasteiger partial charge in [-0.1, -0.05) is 37.3 Å². The van der Waals surface area contributed by atoms with Crippen LogP contribution in [0.15, 0.2) is 54.6 Å². The fraction of sp³-hybridized carbons (Fsp3) is 0.318. The number of benzene rings is 2. The minimum absolute atomic E-state index is 0.0668. The molecule has 1 heterocycles. The monoisotopic (exact) mass is 395 g/mol. The molecule has 3 rings (SSSR count). The van der Waals surface area contributed by atoms with Gasteiger partial charge in [0.05, 0.1) is 6.42 Å². The highest BCUT2D eigenvalue weighted by Gasteiger charge is 2.21. The van der Waals surface area contributed by atoms with Crippen LogP contribution in [0.25, 0.3) is 0 Å². The molecule has 1 saturated heterocycles. The van der Waals surface area contributed by atoms with Crippen molar-refractivity contribution in [3.8, 4) is 0 Å². The number of nitrogens with one attached hydrogen (secondary N) is 2. The Morgan fingerprint density at radius 3 is 2.32 bits per heavy atom. The summed E-state index contributed by atoms with van der Waals surface area (Å²) in [4.78, 5) is 26.6. The summed E-state index contributed by atoms with van der Waals surface area (Å²) in [7, 11) is 0. The molecule has 0 unspecified atom stereocenters. The van der Waals surface area contributed by atoms with Crippen LogP contribution in [0.2, 0.25) is 0 Å². The summed E-state index contributed by atoms with van der Waals surface area (Å²) in [5.41, 5.74) is 2.32. The molecule has 1 aliphatic rings. The lowest BCUT2D eigenvalue weighted by Crippen LogP contribution is -2.37. The van der Waals surface area contributed by atoms with Crippen LogP contribution in [-0.4, -0.2) is 34.9 Å². The van der Waals surface area contributed by atoms with Crippen LogP contribution in [0.3, 0.4) is 0 Å². The maximum atomic E-state index is 12.6. The van der Waals surface area contributed by atoms with Gasteiger partial charge < -0.3 is 15.5 Å². The SMILES string of the molecule is CC1CCN(C(=O)c2ccc(NC(=S)NC(=O)Cc3ccccc3)cc2)CC1. The minimum atomic E-state index is -0.171. The Hall–Kier alpha value is -2.73. The summed E-state index contributed by atoms with van der Waals surface area (Å²) in [6.45, 7) is 3.86. The van der Waals surface area contributed by atoms with Crippen LogP contribution < -0.4 is 10.6 Å². The number of carbonyl (C=O) groups excluding carboxylic acids is 2. The smallest absolute Gasteiger partial charge is 0.253 e. The van der Waals surface area contributed by atoms with E-state index in [0.29, 0.717) is 11.5 Å². The molecule has 6 heteroatoms. The Bertz CT molecular complexity index is 829. The highest BCUT2D eigenvalue weighted by atomic mass is 32.1. The maximum absolute atomic E-state index is 12.6. The number of anilines is 1. The molecule has 5 nitrogen and oxygen atoms in total. The van der Waals surface area contributed by atoms with E-state index in [-0.39, 0.29) is 23.3 Å². The first-order valence-electron chi connectivity index (χ1n) is 9.55. The summed E-state index contributed by atoms with van der Waals surface area (Å²) < 4.78 is 0. The van der Waals surface area contributed by atoms with Crippen LogP contribution in [-0.2, 0) is 11.2 Å². The van der Waals surface area contributed by atoms with E-state index >= 15 is 0 Å². The normalized spacial score (nSPS) is 14.4. The van der Waals surface area contributed by atoms with Crippen LogP contribution in [0.4, 0.5) is 5.69 Å². The van der Waals surface area contributed by atoms with Gasteiger partial charge in [-0.25, -0.2) is 0 Å². The van der Waals surface area contributed by atoms with Crippen molar-refractivity contribution in [1.29, 1.82) is 0 Å². The van der Waals surface area contributed by atoms with E-state index in [1.54, 1.807) is 24.3 Å². The molecule has 0 aliphatic carbocycles. The molecule has 2 amide bonds. The van der Waals surface area contributed by atoms with Gasteiger partial charge in [0.25, 0.3) is 5.91 Å². The van der Waals surface area contributed by atoms with Crippen molar-refractivity contribution < 1.29 is 9.59 Å². The van der Waals surface area contributed by atoms with Crippen LogP contribution in [0.1, 0.15) is 35.7 Å². The Morgan fingerprint density at radius 2 is 1.68 bits per heavy atom. The van der Waals surface area contributed by atoms with Crippen molar-refractivity contribution in [2.75, 3.05) is 18.4 Å². The van der Waals surface area contributed by atoms with E-state index in [2.05, 4.69) is 17.6 Å². The second-order valence-corrected chi connectivity index (χ2v) is 7.62. The first-order valence-corrected chi connectivity index (χ1v) is 9.96. The number of amides is 2. The highest BCUT2D eigenvalue weighted by Crippen LogP contribution is 2.19. The van der Waals surface area contributed by atoms with Crippen LogP contribution >= 0.6 is 12.2 Å². The number of carbonyl (C=O) groups is 2. The van der Waals surface area contributed by atoms with Crippen molar-refractivity contribution in [2.24, 2.45) is 5.92 Å². The molecule has 146 valence electrons. The van der Waals surface area contributed by atoms with E-state index in [9.17, 15) is 9.59 Å². The lowest BCUT2D eigenvalue weighted by atomic mass is 9.98. The van der Waals surface area contributed by atoms with Gasteiger partial charge in [0, 0.05) is 24.3 Å². The van der Waals surface area contributed by atoms with Gasteiger partial charge in [-0.05, 0) is 60.8 Å². The zero-order valence-corrected chi connectivity index (χ0v) is 16.8. The number of hydrogen-bond donors (Lipinski definition) is 2. The Morgan fingerprint density at radius 1 is 1.04 bits per heavy atom. The summed E-state index contributed by atoms with van der Waals surface area (Å²) >= 11 is 5.21. The topological polar surface area (TPSA) is 61.4 Å². The van der Waals surface area contributed by atoms with Crippen molar-refractivity contribution in [2.45, 2.75) is 26.2 Å². The second kappa shape index (κ2) is 9.46. The molecule has 28 heavy (non-hydrogen) atoms. The number of likely N-dealkylation sites (tertiary alicyclic amines) is 1. The lowest BCUT2D eigenvalue weighted by molar-refractivity contribution is -0.119.